The van der Waals surface area contributed by atoms with Gasteiger partial charge in [0.1, 0.15) is 35.9 Å². The molecule has 3 rings (SSSR count). The third-order valence-corrected chi connectivity index (χ3v) is 4.54. The first kappa shape index (κ1) is 20.1. The molecule has 1 saturated heterocycles. The van der Waals surface area contributed by atoms with Crippen LogP contribution in [0.4, 0.5) is 0 Å². The first-order valence-corrected chi connectivity index (χ1v) is 8.85. The SMILES string of the molecule is CC(=O)NC1C(Oc2ccccc2-c2cccc(O)c2)O[C@H](CO)C(O)C1O. The summed E-state index contributed by atoms with van der Waals surface area (Å²) in [6, 6.07) is 12.6. The smallest absolute Gasteiger partial charge is 0.223 e. The summed E-state index contributed by atoms with van der Waals surface area (Å²) >= 11 is 0. The van der Waals surface area contributed by atoms with Crippen molar-refractivity contribution < 1.29 is 34.7 Å². The topological polar surface area (TPSA) is 128 Å². The highest BCUT2D eigenvalue weighted by Crippen LogP contribution is 2.34. The summed E-state index contributed by atoms with van der Waals surface area (Å²) in [6.45, 7) is 0.744. The van der Waals surface area contributed by atoms with Gasteiger partial charge in [0.15, 0.2) is 0 Å². The lowest BCUT2D eigenvalue weighted by Gasteiger charge is -2.42. The van der Waals surface area contributed by atoms with Gasteiger partial charge in [-0.3, -0.25) is 4.79 Å². The van der Waals surface area contributed by atoms with Gasteiger partial charge in [0.05, 0.1) is 6.61 Å². The van der Waals surface area contributed by atoms with Crippen LogP contribution in [0, 0.1) is 0 Å². The molecular formula is C20H23NO7. The monoisotopic (exact) mass is 389 g/mol. The summed E-state index contributed by atoms with van der Waals surface area (Å²) < 4.78 is 11.5. The Morgan fingerprint density at radius 1 is 1.14 bits per heavy atom. The molecular weight excluding hydrogens is 366 g/mol. The Labute approximate surface area is 162 Å². The number of amides is 1. The molecule has 0 saturated carbocycles. The predicted octanol–water partition coefficient (Wildman–Crippen LogP) is 0.382. The molecule has 0 radical (unpaired) electrons. The zero-order valence-corrected chi connectivity index (χ0v) is 15.2. The zero-order valence-electron chi connectivity index (χ0n) is 15.2. The van der Waals surface area contributed by atoms with Gasteiger partial charge >= 0.3 is 0 Å². The zero-order chi connectivity index (χ0) is 20.3. The summed E-state index contributed by atoms with van der Waals surface area (Å²) in [5.74, 6) is 0.0436. The first-order chi connectivity index (χ1) is 13.4. The number of hydrogen-bond donors (Lipinski definition) is 5. The van der Waals surface area contributed by atoms with Crippen LogP contribution in [0.1, 0.15) is 6.92 Å². The number of carbonyl (C=O) groups is 1. The molecule has 0 bridgehead atoms. The van der Waals surface area contributed by atoms with Crippen LogP contribution in [0.2, 0.25) is 0 Å². The Morgan fingerprint density at radius 2 is 1.89 bits per heavy atom. The number of phenols is 1. The molecule has 28 heavy (non-hydrogen) atoms. The number of rotatable bonds is 5. The van der Waals surface area contributed by atoms with Crippen LogP contribution in [-0.4, -0.2) is 63.6 Å². The van der Waals surface area contributed by atoms with Crippen LogP contribution in [0.3, 0.4) is 0 Å². The number of aromatic hydroxyl groups is 1. The Balaban J connectivity index is 1.93. The van der Waals surface area contributed by atoms with Gasteiger partial charge in [0.2, 0.25) is 12.2 Å². The summed E-state index contributed by atoms with van der Waals surface area (Å²) in [4.78, 5) is 11.5. The molecule has 5 N–H and O–H groups in total. The van der Waals surface area contributed by atoms with Gasteiger partial charge in [0, 0.05) is 12.5 Å². The van der Waals surface area contributed by atoms with Gasteiger partial charge in [-0.1, -0.05) is 30.3 Å². The van der Waals surface area contributed by atoms with Crippen LogP contribution in [0.15, 0.2) is 48.5 Å². The fraction of sp³-hybridized carbons (Fsp3) is 0.350. The Bertz CT molecular complexity index is 828. The minimum absolute atomic E-state index is 0.0937. The highest BCUT2D eigenvalue weighted by Gasteiger charge is 2.46. The molecule has 8 nitrogen and oxygen atoms in total. The van der Waals surface area contributed by atoms with E-state index in [1.54, 1.807) is 48.5 Å². The van der Waals surface area contributed by atoms with Crippen molar-refractivity contribution in [3.63, 3.8) is 0 Å². The average molecular weight is 389 g/mol. The lowest BCUT2D eigenvalue weighted by atomic mass is 9.96. The van der Waals surface area contributed by atoms with E-state index in [1.807, 2.05) is 0 Å². The predicted molar refractivity (Wildman–Crippen MR) is 99.5 cm³/mol. The third-order valence-electron chi connectivity index (χ3n) is 4.54. The largest absolute Gasteiger partial charge is 0.508 e. The minimum Gasteiger partial charge on any atom is -0.508 e. The Morgan fingerprint density at radius 3 is 2.57 bits per heavy atom. The Hall–Kier alpha value is -2.65. The van der Waals surface area contributed by atoms with Gasteiger partial charge in [-0.25, -0.2) is 0 Å². The molecule has 1 fully saturated rings. The fourth-order valence-corrected chi connectivity index (χ4v) is 3.18. The van der Waals surface area contributed by atoms with Gasteiger partial charge in [-0.2, -0.15) is 0 Å². The maximum absolute atomic E-state index is 11.5. The summed E-state index contributed by atoms with van der Waals surface area (Å²) in [6.07, 6.45) is -5.01. The van der Waals surface area contributed by atoms with E-state index in [1.165, 1.54) is 6.92 Å². The second-order valence-corrected chi connectivity index (χ2v) is 6.60. The molecule has 1 heterocycles. The summed E-state index contributed by atoms with van der Waals surface area (Å²) in [5.41, 5.74) is 1.35. The van der Waals surface area contributed by atoms with Crippen molar-refractivity contribution in [2.45, 2.75) is 37.6 Å². The molecule has 1 aliphatic rings. The number of carbonyl (C=O) groups excluding carboxylic acids is 1. The number of benzene rings is 2. The normalized spacial score (nSPS) is 27.2. The molecule has 4 unspecified atom stereocenters. The van der Waals surface area contributed by atoms with E-state index in [9.17, 15) is 25.2 Å². The van der Waals surface area contributed by atoms with E-state index in [2.05, 4.69) is 5.32 Å². The van der Waals surface area contributed by atoms with Crippen LogP contribution in [0.25, 0.3) is 11.1 Å². The molecule has 5 atom stereocenters. The highest BCUT2D eigenvalue weighted by molar-refractivity contribution is 5.73. The number of para-hydroxylation sites is 1. The molecule has 150 valence electrons. The lowest BCUT2D eigenvalue weighted by molar-refractivity contribution is -0.244. The second-order valence-electron chi connectivity index (χ2n) is 6.60. The van der Waals surface area contributed by atoms with Crippen LogP contribution < -0.4 is 10.1 Å². The van der Waals surface area contributed by atoms with Crippen molar-refractivity contribution in [2.75, 3.05) is 6.61 Å². The van der Waals surface area contributed by atoms with Crippen molar-refractivity contribution in [2.24, 2.45) is 0 Å². The number of nitrogens with one attached hydrogen (secondary N) is 1. The van der Waals surface area contributed by atoms with Crippen molar-refractivity contribution in [3.05, 3.63) is 48.5 Å². The molecule has 8 heteroatoms. The fourth-order valence-electron chi connectivity index (χ4n) is 3.18. The average Bonchev–Trinajstić information content (AvgIpc) is 2.67. The molecule has 2 aromatic carbocycles. The van der Waals surface area contributed by atoms with E-state index in [0.29, 0.717) is 16.9 Å². The van der Waals surface area contributed by atoms with E-state index in [-0.39, 0.29) is 5.75 Å². The van der Waals surface area contributed by atoms with Gasteiger partial charge < -0.3 is 35.2 Å². The lowest BCUT2D eigenvalue weighted by Crippen LogP contribution is -2.65. The molecule has 2 aromatic rings. The number of aliphatic hydroxyl groups is 3. The standard InChI is InChI=1S/C20H23NO7/c1-11(23)21-17-19(26)18(25)16(10-22)28-20(17)27-15-8-3-2-7-14(15)12-5-4-6-13(24)9-12/h2-9,16-20,22,24-26H,10H2,1H3,(H,21,23)/t16-,17?,18?,19?,20?/m1/s1. The molecule has 0 aliphatic carbocycles. The van der Waals surface area contributed by atoms with E-state index in [0.717, 1.165) is 0 Å². The quantitative estimate of drug-likeness (QED) is 0.500. The maximum Gasteiger partial charge on any atom is 0.223 e. The van der Waals surface area contributed by atoms with E-state index in [4.69, 9.17) is 9.47 Å². The Kier molecular flexibility index (Phi) is 6.15. The number of ether oxygens (including phenoxy) is 2. The van der Waals surface area contributed by atoms with E-state index < -0.39 is 43.2 Å². The van der Waals surface area contributed by atoms with Crippen LogP contribution in [-0.2, 0) is 9.53 Å². The second kappa shape index (κ2) is 8.57. The highest BCUT2D eigenvalue weighted by atomic mass is 16.7. The number of hydrogen-bond acceptors (Lipinski definition) is 7. The maximum atomic E-state index is 11.5. The van der Waals surface area contributed by atoms with Crippen molar-refractivity contribution >= 4 is 5.91 Å². The number of aliphatic hydroxyl groups excluding tert-OH is 3. The van der Waals surface area contributed by atoms with Crippen molar-refractivity contribution in [1.29, 1.82) is 0 Å². The summed E-state index contributed by atoms with van der Waals surface area (Å²) in [5, 5.41) is 42.2. The van der Waals surface area contributed by atoms with Crippen molar-refractivity contribution in [3.8, 4) is 22.6 Å². The first-order valence-electron chi connectivity index (χ1n) is 8.85. The third kappa shape index (κ3) is 4.26. The molecule has 1 amide bonds. The van der Waals surface area contributed by atoms with Crippen molar-refractivity contribution in [1.82, 2.24) is 5.32 Å². The minimum atomic E-state index is -1.40. The van der Waals surface area contributed by atoms with Gasteiger partial charge in [0.25, 0.3) is 0 Å². The summed E-state index contributed by atoms with van der Waals surface area (Å²) in [7, 11) is 0. The van der Waals surface area contributed by atoms with Crippen LogP contribution >= 0.6 is 0 Å². The van der Waals surface area contributed by atoms with Crippen LogP contribution in [0.5, 0.6) is 11.5 Å². The molecule has 1 aliphatic heterocycles. The van der Waals surface area contributed by atoms with E-state index >= 15 is 0 Å². The molecule has 0 spiro atoms. The number of phenolic OH excluding ortho intramolecular Hbond substituents is 1. The van der Waals surface area contributed by atoms with Gasteiger partial charge in [-0.15, -0.1) is 0 Å². The van der Waals surface area contributed by atoms with Gasteiger partial charge in [-0.05, 0) is 23.8 Å². The molecule has 0 aromatic heterocycles.